The highest BCUT2D eigenvalue weighted by Gasteiger charge is 2.15. The summed E-state index contributed by atoms with van der Waals surface area (Å²) in [6.45, 7) is 4.78. The molecule has 0 bridgehead atoms. The Hall–Kier alpha value is -4.82. The lowest BCUT2D eigenvalue weighted by molar-refractivity contribution is -0.114. The normalized spacial score (nSPS) is 11.0. The van der Waals surface area contributed by atoms with Crippen molar-refractivity contribution in [2.75, 3.05) is 23.0 Å². The van der Waals surface area contributed by atoms with Crippen LogP contribution in [0.4, 0.5) is 11.4 Å². The van der Waals surface area contributed by atoms with Gasteiger partial charge < -0.3 is 20.7 Å². The fourth-order valence-corrected chi connectivity index (χ4v) is 4.62. The number of carbonyl (C=O) groups excluding carboxylic acids is 3. The Morgan fingerprint density at radius 1 is 0.791 bits per heavy atom. The maximum absolute atomic E-state index is 13.3. The predicted octanol–water partition coefficient (Wildman–Crippen LogP) is 7.31. The van der Waals surface area contributed by atoms with Crippen LogP contribution in [0.1, 0.15) is 41.3 Å². The number of thioether (sulfide) groups is 1. The van der Waals surface area contributed by atoms with Crippen LogP contribution in [0.2, 0.25) is 0 Å². The van der Waals surface area contributed by atoms with Crippen molar-refractivity contribution in [1.82, 2.24) is 5.32 Å². The maximum atomic E-state index is 13.3. The first-order valence-electron chi connectivity index (χ1n) is 14.1. The van der Waals surface area contributed by atoms with Crippen LogP contribution in [0.25, 0.3) is 6.08 Å². The highest BCUT2D eigenvalue weighted by atomic mass is 32.2. The van der Waals surface area contributed by atoms with Crippen molar-refractivity contribution < 1.29 is 19.1 Å². The number of hydrogen-bond donors (Lipinski definition) is 3. The van der Waals surface area contributed by atoms with Crippen LogP contribution in [0.3, 0.4) is 0 Å². The molecule has 0 aliphatic rings. The summed E-state index contributed by atoms with van der Waals surface area (Å²) in [5.41, 5.74) is 3.71. The molecule has 0 aromatic heterocycles. The van der Waals surface area contributed by atoms with E-state index in [1.54, 1.807) is 42.5 Å². The quantitative estimate of drug-likeness (QED) is 0.0858. The Balaban J connectivity index is 1.33. The molecule has 0 aliphatic heterocycles. The number of ether oxygens (including phenoxy) is 1. The summed E-state index contributed by atoms with van der Waals surface area (Å²) in [6.07, 6.45) is 3.72. The summed E-state index contributed by atoms with van der Waals surface area (Å²) in [6, 6.07) is 30.9. The molecule has 0 radical (unpaired) electrons. The van der Waals surface area contributed by atoms with E-state index in [0.717, 1.165) is 34.6 Å². The van der Waals surface area contributed by atoms with Crippen molar-refractivity contribution >= 4 is 46.9 Å². The molecule has 4 rings (SSSR count). The van der Waals surface area contributed by atoms with Gasteiger partial charge in [-0.1, -0.05) is 61.4 Å². The molecule has 8 heteroatoms. The first-order chi connectivity index (χ1) is 20.9. The Kier molecular flexibility index (Phi) is 11.6. The van der Waals surface area contributed by atoms with Gasteiger partial charge in [0.2, 0.25) is 5.91 Å². The third-order valence-electron chi connectivity index (χ3n) is 6.30. The Labute approximate surface area is 256 Å². The van der Waals surface area contributed by atoms with E-state index in [4.69, 9.17) is 4.74 Å². The van der Waals surface area contributed by atoms with Crippen LogP contribution in [0, 0.1) is 6.92 Å². The molecule has 3 amide bonds. The van der Waals surface area contributed by atoms with Crippen LogP contribution in [-0.2, 0) is 9.59 Å². The van der Waals surface area contributed by atoms with Crippen molar-refractivity contribution in [3.63, 3.8) is 0 Å². The lowest BCUT2D eigenvalue weighted by Crippen LogP contribution is -2.30. The molecule has 0 heterocycles. The molecular formula is C35H35N3O4S. The number of rotatable bonds is 13. The molecular weight excluding hydrogens is 558 g/mol. The minimum absolute atomic E-state index is 0.119. The maximum Gasteiger partial charge on any atom is 0.272 e. The fraction of sp³-hybridized carbons (Fsp3) is 0.171. The number of amides is 3. The van der Waals surface area contributed by atoms with Crippen molar-refractivity contribution in [2.24, 2.45) is 0 Å². The van der Waals surface area contributed by atoms with E-state index in [9.17, 15) is 14.4 Å². The summed E-state index contributed by atoms with van der Waals surface area (Å²) in [5, 5.41) is 8.50. The largest absolute Gasteiger partial charge is 0.494 e. The van der Waals surface area contributed by atoms with Crippen molar-refractivity contribution in [1.29, 1.82) is 0 Å². The van der Waals surface area contributed by atoms with Crippen LogP contribution >= 0.6 is 11.8 Å². The van der Waals surface area contributed by atoms with Gasteiger partial charge in [0.1, 0.15) is 11.4 Å². The lowest BCUT2D eigenvalue weighted by atomic mass is 10.1. The number of benzene rings is 4. The summed E-state index contributed by atoms with van der Waals surface area (Å²) in [4.78, 5) is 39.4. The van der Waals surface area contributed by atoms with Crippen LogP contribution < -0.4 is 20.7 Å². The molecule has 220 valence electrons. The summed E-state index contributed by atoms with van der Waals surface area (Å²) in [7, 11) is 0. The topological polar surface area (TPSA) is 96.5 Å². The predicted molar refractivity (Wildman–Crippen MR) is 174 cm³/mol. The first kappa shape index (κ1) is 31.1. The molecule has 4 aromatic rings. The van der Waals surface area contributed by atoms with E-state index in [1.807, 2.05) is 73.7 Å². The lowest BCUT2D eigenvalue weighted by Gasteiger charge is -2.12. The second kappa shape index (κ2) is 16.0. The Bertz CT molecular complexity index is 1540. The summed E-state index contributed by atoms with van der Waals surface area (Å²) >= 11 is 1.39. The van der Waals surface area contributed by atoms with Gasteiger partial charge in [0.05, 0.1) is 12.4 Å². The first-order valence-corrected chi connectivity index (χ1v) is 15.1. The van der Waals surface area contributed by atoms with Crippen molar-refractivity contribution in [3.05, 3.63) is 126 Å². The zero-order valence-electron chi connectivity index (χ0n) is 24.3. The van der Waals surface area contributed by atoms with Crippen molar-refractivity contribution in [2.45, 2.75) is 31.6 Å². The van der Waals surface area contributed by atoms with E-state index in [-0.39, 0.29) is 23.3 Å². The van der Waals surface area contributed by atoms with Crippen LogP contribution in [0.5, 0.6) is 5.75 Å². The molecule has 0 atom stereocenters. The minimum Gasteiger partial charge on any atom is -0.494 e. The summed E-state index contributed by atoms with van der Waals surface area (Å²) in [5.74, 6) is 0.0586. The number of nitrogens with one attached hydrogen (secondary N) is 3. The van der Waals surface area contributed by atoms with Gasteiger partial charge in [-0.3, -0.25) is 14.4 Å². The molecule has 0 spiro atoms. The molecule has 43 heavy (non-hydrogen) atoms. The second-order valence-corrected chi connectivity index (χ2v) is 10.9. The van der Waals surface area contributed by atoms with Gasteiger partial charge in [-0.15, -0.1) is 11.8 Å². The standard InChI is InChI=1S/C35H35N3O4S/c1-3-4-22-42-30-18-14-28(15-19-30)36-33(39)24-43-31-20-16-29(17-21-31)37-35(41)32(23-26-12-10-25(2)11-13-26)38-34(40)27-8-6-5-7-9-27/h5-21,23H,3-4,22,24H2,1-2H3,(H,36,39)(H,37,41)(H,38,40)/b32-23-. The third-order valence-corrected chi connectivity index (χ3v) is 7.32. The average Bonchev–Trinajstić information content (AvgIpc) is 3.03. The van der Waals surface area contributed by atoms with Gasteiger partial charge in [0, 0.05) is 21.8 Å². The molecule has 3 N–H and O–H groups in total. The Morgan fingerprint density at radius 3 is 2.12 bits per heavy atom. The number of hydrogen-bond acceptors (Lipinski definition) is 5. The SMILES string of the molecule is CCCCOc1ccc(NC(=O)CSc2ccc(NC(=O)/C(=C/c3ccc(C)cc3)NC(=O)c3ccccc3)cc2)cc1. The van der Waals surface area contributed by atoms with Gasteiger partial charge in [-0.05, 0) is 85.6 Å². The smallest absolute Gasteiger partial charge is 0.272 e. The molecule has 0 saturated carbocycles. The molecule has 0 unspecified atom stereocenters. The van der Waals surface area contributed by atoms with E-state index < -0.39 is 5.91 Å². The highest BCUT2D eigenvalue weighted by molar-refractivity contribution is 8.00. The van der Waals surface area contributed by atoms with Crippen LogP contribution in [-0.4, -0.2) is 30.1 Å². The molecule has 0 aliphatic carbocycles. The molecule has 0 saturated heterocycles. The van der Waals surface area contributed by atoms with Gasteiger partial charge >= 0.3 is 0 Å². The van der Waals surface area contributed by atoms with E-state index in [2.05, 4.69) is 22.9 Å². The van der Waals surface area contributed by atoms with Crippen LogP contribution in [0.15, 0.2) is 114 Å². The van der Waals surface area contributed by atoms with Gasteiger partial charge in [-0.2, -0.15) is 0 Å². The fourth-order valence-electron chi connectivity index (χ4n) is 3.92. The number of unbranched alkanes of at least 4 members (excludes halogenated alkanes) is 1. The highest BCUT2D eigenvalue weighted by Crippen LogP contribution is 2.22. The average molecular weight is 594 g/mol. The zero-order chi connectivity index (χ0) is 30.4. The minimum atomic E-state index is -0.452. The van der Waals surface area contributed by atoms with Gasteiger partial charge in [0.25, 0.3) is 11.8 Å². The molecule has 4 aromatic carbocycles. The monoisotopic (exact) mass is 593 g/mol. The van der Waals surface area contributed by atoms with Crippen molar-refractivity contribution in [3.8, 4) is 5.75 Å². The van der Waals surface area contributed by atoms with Gasteiger partial charge in [-0.25, -0.2) is 0 Å². The molecule has 0 fully saturated rings. The zero-order valence-corrected chi connectivity index (χ0v) is 25.1. The third kappa shape index (κ3) is 10.2. The molecule has 7 nitrogen and oxygen atoms in total. The number of carbonyl (C=O) groups is 3. The number of aryl methyl sites for hydroxylation is 1. The summed E-state index contributed by atoms with van der Waals surface area (Å²) < 4.78 is 5.66. The van der Waals surface area contributed by atoms with Gasteiger partial charge in [0.15, 0.2) is 0 Å². The van der Waals surface area contributed by atoms with E-state index >= 15 is 0 Å². The van der Waals surface area contributed by atoms with E-state index in [0.29, 0.717) is 23.5 Å². The second-order valence-electron chi connectivity index (χ2n) is 9.83. The number of anilines is 2. The Morgan fingerprint density at radius 2 is 1.44 bits per heavy atom. The van der Waals surface area contributed by atoms with E-state index in [1.165, 1.54) is 11.8 Å².